The van der Waals surface area contributed by atoms with E-state index >= 15 is 0 Å². The van der Waals surface area contributed by atoms with Crippen LogP contribution in [0.1, 0.15) is 12.0 Å². The van der Waals surface area contributed by atoms with Gasteiger partial charge in [0, 0.05) is 23.7 Å². The molecule has 0 saturated carbocycles. The molecular weight excluding hydrogens is 312 g/mol. The summed E-state index contributed by atoms with van der Waals surface area (Å²) in [6, 6.07) is 15.8. The Hall–Kier alpha value is -2.04. The number of halogens is 1. The molecule has 4 nitrogen and oxygen atoms in total. The minimum Gasteiger partial charge on any atom is -0.453 e. The lowest BCUT2D eigenvalue weighted by Gasteiger charge is -2.21. The molecule has 1 amide bonds. The van der Waals surface area contributed by atoms with Gasteiger partial charge in [0.05, 0.1) is 7.11 Å². The molecule has 0 saturated heterocycles. The van der Waals surface area contributed by atoms with Crippen LogP contribution in [0.25, 0.3) is 11.1 Å². The van der Waals surface area contributed by atoms with Gasteiger partial charge in [-0.05, 0) is 30.2 Å². The van der Waals surface area contributed by atoms with Gasteiger partial charge in [0.2, 0.25) is 0 Å². The summed E-state index contributed by atoms with van der Waals surface area (Å²) in [4.78, 5) is 13.5. The van der Waals surface area contributed by atoms with E-state index in [9.17, 15) is 4.79 Å². The third kappa shape index (κ3) is 4.71. The molecule has 5 heteroatoms. The quantitative estimate of drug-likeness (QED) is 0.872. The number of hydrogen-bond acceptors (Lipinski definition) is 3. The number of carbonyl (C=O) groups is 1. The first kappa shape index (κ1) is 17.3. The van der Waals surface area contributed by atoms with Crippen molar-refractivity contribution in [2.24, 2.45) is 5.73 Å². The maximum atomic E-state index is 11.8. The van der Waals surface area contributed by atoms with E-state index in [1.165, 1.54) is 7.11 Å². The predicted molar refractivity (Wildman–Crippen MR) is 93.4 cm³/mol. The first-order chi connectivity index (χ1) is 11.2. The van der Waals surface area contributed by atoms with Crippen LogP contribution in [0.5, 0.6) is 0 Å². The zero-order valence-electron chi connectivity index (χ0n) is 13.2. The number of amides is 1. The van der Waals surface area contributed by atoms with E-state index in [4.69, 9.17) is 22.1 Å². The van der Waals surface area contributed by atoms with E-state index in [-0.39, 0.29) is 6.09 Å². The normalized spacial score (nSPS) is 10.4. The smallest absolute Gasteiger partial charge is 0.409 e. The zero-order chi connectivity index (χ0) is 16.7. The van der Waals surface area contributed by atoms with Crippen molar-refractivity contribution in [3.05, 3.63) is 59.1 Å². The summed E-state index contributed by atoms with van der Waals surface area (Å²) in [5.74, 6) is 0. The number of methoxy groups -OCH3 is 1. The van der Waals surface area contributed by atoms with E-state index in [1.54, 1.807) is 4.90 Å². The minimum atomic E-state index is -0.360. The van der Waals surface area contributed by atoms with Crippen LogP contribution in [-0.2, 0) is 11.3 Å². The van der Waals surface area contributed by atoms with Gasteiger partial charge in [0.25, 0.3) is 0 Å². The molecule has 0 aromatic heterocycles. The molecule has 23 heavy (non-hydrogen) atoms. The number of ether oxygens (including phenoxy) is 1. The summed E-state index contributed by atoms with van der Waals surface area (Å²) >= 11 is 6.41. The predicted octanol–water partition coefficient (Wildman–Crippen LogP) is 3.92. The van der Waals surface area contributed by atoms with Gasteiger partial charge < -0.3 is 15.4 Å². The van der Waals surface area contributed by atoms with Gasteiger partial charge in [-0.25, -0.2) is 4.79 Å². The summed E-state index contributed by atoms with van der Waals surface area (Å²) in [5, 5.41) is 0.664. The minimum absolute atomic E-state index is 0.360. The van der Waals surface area contributed by atoms with Gasteiger partial charge in [-0.15, -0.1) is 0 Å². The fourth-order valence-electron chi connectivity index (χ4n) is 2.38. The van der Waals surface area contributed by atoms with Crippen LogP contribution < -0.4 is 5.73 Å². The molecule has 2 rings (SSSR count). The molecule has 0 radical (unpaired) electrons. The highest BCUT2D eigenvalue weighted by molar-refractivity contribution is 6.33. The zero-order valence-corrected chi connectivity index (χ0v) is 13.9. The third-order valence-corrected chi connectivity index (χ3v) is 3.87. The van der Waals surface area contributed by atoms with E-state index in [1.807, 2.05) is 48.5 Å². The van der Waals surface area contributed by atoms with Crippen LogP contribution in [-0.4, -0.2) is 31.2 Å². The van der Waals surface area contributed by atoms with Crippen molar-refractivity contribution < 1.29 is 9.53 Å². The van der Waals surface area contributed by atoms with E-state index in [0.29, 0.717) is 24.7 Å². The van der Waals surface area contributed by atoms with Crippen molar-refractivity contribution in [3.8, 4) is 11.1 Å². The Morgan fingerprint density at radius 2 is 1.96 bits per heavy atom. The van der Waals surface area contributed by atoms with Crippen molar-refractivity contribution in [3.63, 3.8) is 0 Å². The number of carbonyl (C=O) groups excluding carboxylic acids is 1. The molecule has 2 aromatic rings. The van der Waals surface area contributed by atoms with Crippen molar-refractivity contribution in [2.45, 2.75) is 13.0 Å². The number of hydrogen-bond donors (Lipinski definition) is 1. The summed E-state index contributed by atoms with van der Waals surface area (Å²) in [6.07, 6.45) is 0.368. The lowest BCUT2D eigenvalue weighted by Crippen LogP contribution is -2.32. The molecule has 2 aromatic carbocycles. The first-order valence-corrected chi connectivity index (χ1v) is 7.90. The highest BCUT2D eigenvalue weighted by Gasteiger charge is 2.14. The van der Waals surface area contributed by atoms with E-state index in [2.05, 4.69) is 0 Å². The van der Waals surface area contributed by atoms with Gasteiger partial charge in [-0.2, -0.15) is 0 Å². The molecule has 122 valence electrons. The highest BCUT2D eigenvalue weighted by Crippen LogP contribution is 2.29. The van der Waals surface area contributed by atoms with Crippen LogP contribution in [0.3, 0.4) is 0 Å². The monoisotopic (exact) mass is 332 g/mol. The van der Waals surface area contributed by atoms with Crippen LogP contribution in [0.2, 0.25) is 5.02 Å². The second-order valence-corrected chi connectivity index (χ2v) is 5.62. The van der Waals surface area contributed by atoms with Crippen molar-refractivity contribution in [1.29, 1.82) is 0 Å². The number of rotatable bonds is 6. The number of nitrogens with two attached hydrogens (primary N) is 1. The number of benzene rings is 2. The van der Waals surface area contributed by atoms with Crippen molar-refractivity contribution >= 4 is 17.7 Å². The fourth-order valence-corrected chi connectivity index (χ4v) is 2.69. The molecule has 0 spiro atoms. The molecule has 0 bridgehead atoms. The Morgan fingerprint density at radius 1 is 1.22 bits per heavy atom. The molecular formula is C18H21ClN2O2. The fraction of sp³-hybridized carbons (Fsp3) is 0.278. The second kappa shape index (κ2) is 8.56. The summed E-state index contributed by atoms with van der Waals surface area (Å²) in [5.41, 5.74) is 8.52. The van der Waals surface area contributed by atoms with Crippen molar-refractivity contribution in [2.75, 3.05) is 20.2 Å². The molecule has 0 atom stereocenters. The standard InChI is InChI=1S/C18H21ClN2O2/c1-23-18(22)21(11-5-10-20)13-14-8-9-16(17(19)12-14)15-6-3-2-4-7-15/h2-4,6-9,12H,5,10-11,13,20H2,1H3. The highest BCUT2D eigenvalue weighted by atomic mass is 35.5. The Bertz CT molecular complexity index is 647. The molecule has 2 N–H and O–H groups in total. The van der Waals surface area contributed by atoms with Gasteiger partial charge in [0.15, 0.2) is 0 Å². The van der Waals surface area contributed by atoms with Gasteiger partial charge in [-0.3, -0.25) is 0 Å². The summed E-state index contributed by atoms with van der Waals surface area (Å²) in [7, 11) is 1.38. The maximum Gasteiger partial charge on any atom is 0.409 e. The largest absolute Gasteiger partial charge is 0.453 e. The third-order valence-electron chi connectivity index (χ3n) is 3.56. The molecule has 0 aliphatic rings. The summed E-state index contributed by atoms with van der Waals surface area (Å²) in [6.45, 7) is 1.53. The molecule has 0 unspecified atom stereocenters. The van der Waals surface area contributed by atoms with Crippen LogP contribution in [0.4, 0.5) is 4.79 Å². The molecule has 0 fully saturated rings. The van der Waals surface area contributed by atoms with Crippen LogP contribution in [0.15, 0.2) is 48.5 Å². The second-order valence-electron chi connectivity index (χ2n) is 5.21. The molecule has 0 aliphatic heterocycles. The van der Waals surface area contributed by atoms with Crippen LogP contribution in [0, 0.1) is 0 Å². The lowest BCUT2D eigenvalue weighted by molar-refractivity contribution is 0.120. The SMILES string of the molecule is COC(=O)N(CCCN)Cc1ccc(-c2ccccc2)c(Cl)c1. The Kier molecular flexibility index (Phi) is 6.44. The van der Waals surface area contributed by atoms with Crippen molar-refractivity contribution in [1.82, 2.24) is 4.90 Å². The van der Waals surface area contributed by atoms with E-state index in [0.717, 1.165) is 23.1 Å². The Labute approximate surface area is 141 Å². The van der Waals surface area contributed by atoms with Gasteiger partial charge >= 0.3 is 6.09 Å². The Balaban J connectivity index is 2.17. The van der Waals surface area contributed by atoms with Gasteiger partial charge in [0.1, 0.15) is 0 Å². The average Bonchev–Trinajstić information content (AvgIpc) is 2.58. The average molecular weight is 333 g/mol. The molecule has 0 aliphatic carbocycles. The summed E-state index contributed by atoms with van der Waals surface area (Å²) < 4.78 is 4.82. The first-order valence-electron chi connectivity index (χ1n) is 7.52. The van der Waals surface area contributed by atoms with Gasteiger partial charge in [-0.1, -0.05) is 54.1 Å². The number of nitrogens with zero attached hydrogens (tertiary/aromatic N) is 1. The maximum absolute atomic E-state index is 11.8. The Morgan fingerprint density at radius 3 is 2.57 bits per heavy atom. The lowest BCUT2D eigenvalue weighted by atomic mass is 10.0. The topological polar surface area (TPSA) is 55.6 Å². The van der Waals surface area contributed by atoms with E-state index < -0.39 is 0 Å². The molecule has 0 heterocycles. The van der Waals surface area contributed by atoms with Crippen LogP contribution >= 0.6 is 11.6 Å².